The number of para-hydroxylation sites is 1. The lowest BCUT2D eigenvalue weighted by Crippen LogP contribution is -2.30. The van der Waals surface area contributed by atoms with E-state index in [1.165, 1.54) is 35.4 Å². The molecule has 6 rings (SSSR count). The van der Waals surface area contributed by atoms with Crippen molar-refractivity contribution < 1.29 is 13.6 Å². The molecule has 204 valence electrons. The second kappa shape index (κ2) is 12.3. The minimum atomic E-state index is -0.404. The zero-order valence-corrected chi connectivity index (χ0v) is 23.3. The number of hydrogen-bond acceptors (Lipinski definition) is 7. The lowest BCUT2D eigenvalue weighted by Gasteiger charge is -2.19. The summed E-state index contributed by atoms with van der Waals surface area (Å²) >= 11 is 2.75. The molecule has 0 aliphatic carbocycles. The molecule has 3 heterocycles. The van der Waals surface area contributed by atoms with Crippen molar-refractivity contribution in [2.24, 2.45) is 0 Å². The molecule has 1 N–H and O–H groups in total. The molecule has 1 unspecified atom stereocenters. The molecule has 0 saturated heterocycles. The van der Waals surface area contributed by atoms with Crippen LogP contribution in [0.2, 0.25) is 0 Å². The normalized spacial score (nSPS) is 11.8. The van der Waals surface area contributed by atoms with Crippen molar-refractivity contribution in [3.05, 3.63) is 136 Å². The molecule has 3 aromatic heterocycles. The molecule has 3 aromatic carbocycles. The lowest BCUT2D eigenvalue weighted by atomic mass is 9.99. The van der Waals surface area contributed by atoms with Gasteiger partial charge in [0.15, 0.2) is 10.9 Å². The van der Waals surface area contributed by atoms with Gasteiger partial charge in [-0.1, -0.05) is 84.6 Å². The quantitative estimate of drug-likeness (QED) is 0.173. The highest BCUT2D eigenvalue weighted by Crippen LogP contribution is 2.31. The summed E-state index contributed by atoms with van der Waals surface area (Å²) < 4.78 is 22.0. The van der Waals surface area contributed by atoms with E-state index in [9.17, 15) is 9.18 Å². The SMILES string of the molecule is O=C(NC(Cc1ccccc1)c1ccccc1)c1csc(CSc2nnc(-c3ccco3)n2-c2ccccc2F)n1. The van der Waals surface area contributed by atoms with Crippen molar-refractivity contribution in [1.29, 1.82) is 0 Å². The third kappa shape index (κ3) is 6.13. The molecular weight excluding hydrogens is 558 g/mol. The smallest absolute Gasteiger partial charge is 0.271 e. The lowest BCUT2D eigenvalue weighted by molar-refractivity contribution is 0.0932. The van der Waals surface area contributed by atoms with Gasteiger partial charge in [0, 0.05) is 5.38 Å². The van der Waals surface area contributed by atoms with Crippen LogP contribution in [0.15, 0.2) is 118 Å². The van der Waals surface area contributed by atoms with Gasteiger partial charge in [0.25, 0.3) is 5.91 Å². The maximum Gasteiger partial charge on any atom is 0.271 e. The summed E-state index contributed by atoms with van der Waals surface area (Å²) in [4.78, 5) is 17.9. The van der Waals surface area contributed by atoms with E-state index in [1.807, 2.05) is 48.5 Å². The Balaban J connectivity index is 1.19. The first-order valence-corrected chi connectivity index (χ1v) is 14.7. The van der Waals surface area contributed by atoms with Gasteiger partial charge in [0.1, 0.15) is 16.5 Å². The number of hydrogen-bond donors (Lipinski definition) is 1. The van der Waals surface area contributed by atoms with Gasteiger partial charge in [-0.25, -0.2) is 9.37 Å². The predicted molar refractivity (Wildman–Crippen MR) is 157 cm³/mol. The average molecular weight is 582 g/mol. The van der Waals surface area contributed by atoms with Gasteiger partial charge in [-0.15, -0.1) is 21.5 Å². The second-order valence-electron chi connectivity index (χ2n) is 9.11. The van der Waals surface area contributed by atoms with Gasteiger partial charge in [-0.05, 0) is 41.8 Å². The zero-order chi connectivity index (χ0) is 28.0. The largest absolute Gasteiger partial charge is 0.461 e. The topological polar surface area (TPSA) is 85.8 Å². The zero-order valence-electron chi connectivity index (χ0n) is 21.7. The van der Waals surface area contributed by atoms with E-state index in [-0.39, 0.29) is 11.9 Å². The molecule has 10 heteroatoms. The Kier molecular flexibility index (Phi) is 8.01. The van der Waals surface area contributed by atoms with E-state index in [1.54, 1.807) is 40.3 Å². The van der Waals surface area contributed by atoms with Crippen LogP contribution in [-0.2, 0) is 12.2 Å². The molecule has 1 atom stereocenters. The minimum absolute atomic E-state index is 0.204. The molecule has 41 heavy (non-hydrogen) atoms. The summed E-state index contributed by atoms with van der Waals surface area (Å²) in [6.07, 6.45) is 2.19. The van der Waals surface area contributed by atoms with E-state index in [2.05, 4.69) is 32.6 Å². The van der Waals surface area contributed by atoms with E-state index in [0.717, 1.165) is 16.1 Å². The fourth-order valence-electron chi connectivity index (χ4n) is 4.41. The number of nitrogens with zero attached hydrogens (tertiary/aromatic N) is 4. The van der Waals surface area contributed by atoms with Crippen molar-refractivity contribution in [2.45, 2.75) is 23.4 Å². The number of aromatic nitrogens is 4. The molecule has 0 aliphatic heterocycles. The van der Waals surface area contributed by atoms with Crippen LogP contribution in [0.5, 0.6) is 0 Å². The highest BCUT2D eigenvalue weighted by Gasteiger charge is 2.22. The number of thiazole rings is 1. The number of amides is 1. The van der Waals surface area contributed by atoms with Gasteiger partial charge >= 0.3 is 0 Å². The molecule has 0 fully saturated rings. The highest BCUT2D eigenvalue weighted by atomic mass is 32.2. The summed E-state index contributed by atoms with van der Waals surface area (Å²) in [6, 6.07) is 29.7. The molecule has 0 aliphatic rings. The number of rotatable bonds is 10. The number of carbonyl (C=O) groups is 1. The van der Waals surface area contributed by atoms with Gasteiger partial charge in [-0.3, -0.25) is 9.36 Å². The molecule has 0 saturated carbocycles. The number of halogens is 1. The molecular formula is C31H24FN5O2S2. The summed E-state index contributed by atoms with van der Waals surface area (Å²) in [7, 11) is 0. The van der Waals surface area contributed by atoms with E-state index in [4.69, 9.17) is 4.42 Å². The summed E-state index contributed by atoms with van der Waals surface area (Å²) in [5.41, 5.74) is 2.82. The van der Waals surface area contributed by atoms with Crippen molar-refractivity contribution in [3.8, 4) is 17.3 Å². The van der Waals surface area contributed by atoms with Crippen LogP contribution in [0.4, 0.5) is 4.39 Å². The fraction of sp³-hybridized carbons (Fsp3) is 0.0968. The van der Waals surface area contributed by atoms with Gasteiger partial charge in [0.05, 0.1) is 23.7 Å². The van der Waals surface area contributed by atoms with E-state index >= 15 is 0 Å². The predicted octanol–water partition coefficient (Wildman–Crippen LogP) is 7.13. The van der Waals surface area contributed by atoms with Gasteiger partial charge in [-0.2, -0.15) is 0 Å². The molecule has 0 spiro atoms. The Bertz CT molecular complexity index is 1740. The van der Waals surface area contributed by atoms with E-state index < -0.39 is 5.82 Å². The van der Waals surface area contributed by atoms with Crippen molar-refractivity contribution >= 4 is 29.0 Å². The van der Waals surface area contributed by atoms with Crippen LogP contribution >= 0.6 is 23.1 Å². The number of thioether (sulfide) groups is 1. The molecule has 1 amide bonds. The second-order valence-corrected chi connectivity index (χ2v) is 11.0. The minimum Gasteiger partial charge on any atom is -0.461 e. The van der Waals surface area contributed by atoms with Gasteiger partial charge < -0.3 is 9.73 Å². The van der Waals surface area contributed by atoms with Crippen LogP contribution in [-0.4, -0.2) is 25.7 Å². The number of furan rings is 1. The molecule has 0 bridgehead atoms. The first kappa shape index (κ1) is 26.7. The maximum atomic E-state index is 14.8. The number of nitrogens with one attached hydrogen (secondary N) is 1. The summed E-state index contributed by atoms with van der Waals surface area (Å²) in [5, 5.41) is 14.7. The van der Waals surface area contributed by atoms with Crippen LogP contribution in [0.25, 0.3) is 17.3 Å². The fourth-order valence-corrected chi connectivity index (χ4v) is 6.14. The van der Waals surface area contributed by atoms with Crippen LogP contribution in [0.1, 0.15) is 32.7 Å². The van der Waals surface area contributed by atoms with Crippen LogP contribution < -0.4 is 5.32 Å². The standard InChI is InChI=1S/C31H24FN5O2S2/c32-23-14-7-8-15-26(23)37-29(27-16-9-17-39-27)35-36-31(37)41-20-28-33-25(19-40-28)30(38)34-24(22-12-5-2-6-13-22)18-21-10-3-1-4-11-21/h1-17,19,24H,18,20H2,(H,34,38). The summed E-state index contributed by atoms with van der Waals surface area (Å²) in [6.45, 7) is 0. The average Bonchev–Trinajstić information content (AvgIpc) is 3.78. The van der Waals surface area contributed by atoms with Crippen molar-refractivity contribution in [3.63, 3.8) is 0 Å². The Hall–Kier alpha value is -4.54. The summed E-state index contributed by atoms with van der Waals surface area (Å²) in [5.74, 6) is 0.654. The van der Waals surface area contributed by atoms with Crippen LogP contribution in [0.3, 0.4) is 0 Å². The molecule has 6 aromatic rings. The van der Waals surface area contributed by atoms with Gasteiger partial charge in [0.2, 0.25) is 5.82 Å². The third-order valence-electron chi connectivity index (χ3n) is 6.37. The Morgan fingerprint density at radius 3 is 2.46 bits per heavy atom. The van der Waals surface area contributed by atoms with Crippen LogP contribution in [0, 0.1) is 5.82 Å². The number of carbonyl (C=O) groups excluding carboxylic acids is 1. The number of benzene rings is 3. The van der Waals surface area contributed by atoms with E-state index in [0.29, 0.717) is 40.3 Å². The first-order chi connectivity index (χ1) is 20.2. The maximum absolute atomic E-state index is 14.8. The Labute approximate surface area is 244 Å². The highest BCUT2D eigenvalue weighted by molar-refractivity contribution is 7.98. The van der Waals surface area contributed by atoms with Crippen molar-refractivity contribution in [1.82, 2.24) is 25.1 Å². The Morgan fingerprint density at radius 1 is 0.951 bits per heavy atom. The third-order valence-corrected chi connectivity index (χ3v) is 8.34. The monoisotopic (exact) mass is 581 g/mol. The molecule has 0 radical (unpaired) electrons. The molecule has 7 nitrogen and oxygen atoms in total. The van der Waals surface area contributed by atoms with Crippen molar-refractivity contribution in [2.75, 3.05) is 0 Å². The first-order valence-electron chi connectivity index (χ1n) is 12.9. The Morgan fingerprint density at radius 2 is 1.71 bits per heavy atom.